The van der Waals surface area contributed by atoms with Crippen LogP contribution >= 0.6 is 0 Å². The summed E-state index contributed by atoms with van der Waals surface area (Å²) in [5.41, 5.74) is 0.448. The second-order valence-electron chi connectivity index (χ2n) is 7.58. The number of nitrogens with one attached hydrogen (secondary N) is 2. The van der Waals surface area contributed by atoms with E-state index in [1.54, 1.807) is 0 Å². The maximum absolute atomic E-state index is 12.9. The van der Waals surface area contributed by atoms with Crippen LogP contribution in [0.25, 0.3) is 0 Å². The molecule has 0 aliphatic carbocycles. The molecule has 11 heteroatoms. The molecule has 1 saturated heterocycles. The molecule has 0 saturated carbocycles. The minimum Gasteiger partial charge on any atom is -0.329 e. The van der Waals surface area contributed by atoms with Gasteiger partial charge >= 0.3 is 6.18 Å². The van der Waals surface area contributed by atoms with E-state index in [1.807, 2.05) is 0 Å². The normalized spacial score (nSPS) is 19.0. The van der Waals surface area contributed by atoms with Crippen LogP contribution in [0.5, 0.6) is 0 Å². The van der Waals surface area contributed by atoms with Gasteiger partial charge in [0.1, 0.15) is 6.04 Å². The number of benzene rings is 2. The number of piperidine rings is 1. The summed E-state index contributed by atoms with van der Waals surface area (Å²) >= 11 is 0. The van der Waals surface area contributed by atoms with E-state index in [2.05, 4.69) is 16.6 Å². The molecule has 2 aliphatic heterocycles. The van der Waals surface area contributed by atoms with Crippen molar-refractivity contribution in [1.82, 2.24) is 10.2 Å². The van der Waals surface area contributed by atoms with Crippen molar-refractivity contribution in [3.05, 3.63) is 71.4 Å². The van der Waals surface area contributed by atoms with Crippen LogP contribution in [-0.4, -0.2) is 31.2 Å². The molecule has 2 heterocycles. The van der Waals surface area contributed by atoms with E-state index in [0.717, 1.165) is 18.2 Å². The second kappa shape index (κ2) is 7.66. The van der Waals surface area contributed by atoms with Crippen LogP contribution in [0.3, 0.4) is 0 Å². The zero-order valence-corrected chi connectivity index (χ0v) is 17.4. The summed E-state index contributed by atoms with van der Waals surface area (Å²) in [5, 5.41) is 2.63. The number of halogens is 3. The van der Waals surface area contributed by atoms with Crippen molar-refractivity contribution in [1.29, 1.82) is 0 Å². The van der Waals surface area contributed by atoms with Gasteiger partial charge in [-0.05, 0) is 54.8 Å². The molecule has 2 aromatic carbocycles. The molecule has 0 aromatic heterocycles. The number of amides is 2. The predicted molar refractivity (Wildman–Crippen MR) is 109 cm³/mol. The largest absolute Gasteiger partial charge is 0.416 e. The smallest absolute Gasteiger partial charge is 0.329 e. The maximum Gasteiger partial charge on any atom is 0.416 e. The lowest BCUT2D eigenvalue weighted by molar-refractivity contribution is -0.137. The highest BCUT2D eigenvalue weighted by Crippen LogP contribution is 2.32. The zero-order valence-electron chi connectivity index (χ0n) is 16.6. The Morgan fingerprint density at radius 3 is 2.56 bits per heavy atom. The maximum atomic E-state index is 12.9. The SMILES string of the molecule is C=C1CCC(N2Cc3cc(NS(=O)(=O)c4cccc(C(F)(F)F)c4)ccc3C2=O)C(=O)N1. The van der Waals surface area contributed by atoms with Gasteiger partial charge in [0.05, 0.1) is 10.5 Å². The number of hydrogen-bond acceptors (Lipinski definition) is 4. The van der Waals surface area contributed by atoms with Crippen LogP contribution in [0, 0.1) is 0 Å². The number of fused-ring (bicyclic) bond motifs is 1. The van der Waals surface area contributed by atoms with Crippen molar-refractivity contribution in [3.8, 4) is 0 Å². The van der Waals surface area contributed by atoms with E-state index in [0.29, 0.717) is 35.7 Å². The summed E-state index contributed by atoms with van der Waals surface area (Å²) in [6.07, 6.45) is -3.71. The summed E-state index contributed by atoms with van der Waals surface area (Å²) in [5.74, 6) is -0.673. The number of allylic oxidation sites excluding steroid dienone is 1. The van der Waals surface area contributed by atoms with Crippen LogP contribution in [-0.2, 0) is 27.5 Å². The van der Waals surface area contributed by atoms with Crippen molar-refractivity contribution < 1.29 is 31.2 Å². The Kier molecular flexibility index (Phi) is 5.24. The Bertz CT molecular complexity index is 1240. The van der Waals surface area contributed by atoms with E-state index in [1.165, 1.54) is 23.1 Å². The van der Waals surface area contributed by atoms with Crippen molar-refractivity contribution >= 4 is 27.5 Å². The molecule has 2 N–H and O–H groups in total. The first-order valence-electron chi connectivity index (χ1n) is 9.58. The number of rotatable bonds is 4. The highest BCUT2D eigenvalue weighted by atomic mass is 32.2. The monoisotopic (exact) mass is 465 g/mol. The molecule has 1 atom stereocenters. The van der Waals surface area contributed by atoms with E-state index in [9.17, 15) is 31.2 Å². The number of alkyl halides is 3. The predicted octanol–water partition coefficient (Wildman–Crippen LogP) is 3.25. The van der Waals surface area contributed by atoms with Crippen molar-refractivity contribution in [2.45, 2.75) is 36.5 Å². The average Bonchev–Trinajstić information content (AvgIpc) is 3.03. The summed E-state index contributed by atoms with van der Waals surface area (Å²) in [6, 6.07) is 6.98. The third-order valence-corrected chi connectivity index (χ3v) is 6.74. The summed E-state index contributed by atoms with van der Waals surface area (Å²) in [6.45, 7) is 3.82. The average molecular weight is 465 g/mol. The van der Waals surface area contributed by atoms with Gasteiger partial charge in [-0.1, -0.05) is 12.6 Å². The molecule has 7 nitrogen and oxygen atoms in total. The van der Waals surface area contributed by atoms with Gasteiger partial charge in [0, 0.05) is 23.5 Å². The molecule has 32 heavy (non-hydrogen) atoms. The first-order chi connectivity index (χ1) is 15.0. The Hall–Kier alpha value is -3.34. The molecule has 2 aromatic rings. The molecule has 1 unspecified atom stereocenters. The van der Waals surface area contributed by atoms with E-state index in [-0.39, 0.29) is 24.0 Å². The van der Waals surface area contributed by atoms with Crippen LogP contribution in [0.4, 0.5) is 18.9 Å². The van der Waals surface area contributed by atoms with E-state index in [4.69, 9.17) is 0 Å². The molecule has 2 aliphatic rings. The van der Waals surface area contributed by atoms with E-state index < -0.39 is 32.7 Å². The molecule has 0 spiro atoms. The van der Waals surface area contributed by atoms with Crippen molar-refractivity contribution in [2.75, 3.05) is 4.72 Å². The highest BCUT2D eigenvalue weighted by molar-refractivity contribution is 7.92. The molecule has 0 bridgehead atoms. The number of carbonyl (C=O) groups is 2. The zero-order chi connectivity index (χ0) is 23.3. The second-order valence-corrected chi connectivity index (χ2v) is 9.27. The van der Waals surface area contributed by atoms with Crippen LogP contribution in [0.2, 0.25) is 0 Å². The third kappa shape index (κ3) is 4.07. The Balaban J connectivity index is 1.56. The number of nitrogens with zero attached hydrogens (tertiary/aromatic N) is 1. The Morgan fingerprint density at radius 1 is 1.12 bits per heavy atom. The topological polar surface area (TPSA) is 95.6 Å². The van der Waals surface area contributed by atoms with Crippen LogP contribution in [0.1, 0.15) is 34.3 Å². The fourth-order valence-electron chi connectivity index (χ4n) is 3.77. The molecule has 2 amide bonds. The van der Waals surface area contributed by atoms with Gasteiger partial charge in [0.15, 0.2) is 0 Å². The van der Waals surface area contributed by atoms with Gasteiger partial charge in [0.25, 0.3) is 15.9 Å². The molecule has 1 fully saturated rings. The fourth-order valence-corrected chi connectivity index (χ4v) is 4.87. The standard InChI is InChI=1S/C21H18F3N3O4S/c1-12-5-8-18(19(28)25-12)27-11-13-9-15(6-7-17(13)20(27)29)26-32(30,31)16-4-2-3-14(10-16)21(22,23)24/h2-4,6-7,9-10,18,26H,1,5,8,11H2,(H,25,28). The quantitative estimate of drug-likeness (QED) is 0.725. The number of anilines is 1. The molecule has 168 valence electrons. The van der Waals surface area contributed by atoms with Crippen LogP contribution < -0.4 is 10.0 Å². The fraction of sp³-hybridized carbons (Fsp3) is 0.238. The first-order valence-corrected chi connectivity index (χ1v) is 11.1. The lowest BCUT2D eigenvalue weighted by atomic mass is 10.0. The highest BCUT2D eigenvalue weighted by Gasteiger charge is 2.38. The molecular weight excluding hydrogens is 447 g/mol. The Morgan fingerprint density at radius 2 is 1.88 bits per heavy atom. The lowest BCUT2D eigenvalue weighted by Crippen LogP contribution is -2.49. The van der Waals surface area contributed by atoms with Gasteiger partial charge in [-0.3, -0.25) is 14.3 Å². The van der Waals surface area contributed by atoms with E-state index >= 15 is 0 Å². The number of sulfonamides is 1. The van der Waals surface area contributed by atoms with Crippen LogP contribution in [0.15, 0.2) is 59.6 Å². The van der Waals surface area contributed by atoms with Gasteiger partial charge in [-0.25, -0.2) is 8.42 Å². The molecular formula is C21H18F3N3O4S. The lowest BCUT2D eigenvalue weighted by Gasteiger charge is -2.30. The molecule has 0 radical (unpaired) electrons. The summed E-state index contributed by atoms with van der Waals surface area (Å²) in [7, 11) is -4.30. The Labute approximate surface area is 182 Å². The minimum absolute atomic E-state index is 0.0947. The van der Waals surface area contributed by atoms with Gasteiger partial charge < -0.3 is 10.2 Å². The van der Waals surface area contributed by atoms with Crippen molar-refractivity contribution in [3.63, 3.8) is 0 Å². The number of carbonyl (C=O) groups excluding carboxylic acids is 2. The summed E-state index contributed by atoms with van der Waals surface area (Å²) < 4.78 is 66.2. The van der Waals surface area contributed by atoms with Gasteiger partial charge in [0.2, 0.25) is 5.91 Å². The summed E-state index contributed by atoms with van der Waals surface area (Å²) in [4.78, 5) is 25.9. The number of hydrogen-bond donors (Lipinski definition) is 2. The minimum atomic E-state index is -4.68. The van der Waals surface area contributed by atoms with Gasteiger partial charge in [-0.15, -0.1) is 0 Å². The van der Waals surface area contributed by atoms with Gasteiger partial charge in [-0.2, -0.15) is 13.2 Å². The molecule has 4 rings (SSSR count). The first kappa shape index (κ1) is 21.9. The third-order valence-electron chi connectivity index (χ3n) is 5.36. The van der Waals surface area contributed by atoms with Crippen molar-refractivity contribution in [2.24, 2.45) is 0 Å².